The molecule has 0 saturated carbocycles. The van der Waals surface area contributed by atoms with E-state index >= 15 is 8.78 Å². The fourth-order valence-corrected chi connectivity index (χ4v) is 6.76. The molecule has 2 aromatic heterocycles. The number of carboxylic acids is 1. The summed E-state index contributed by atoms with van der Waals surface area (Å²) in [5.74, 6) is -4.81. The van der Waals surface area contributed by atoms with Gasteiger partial charge in [-0.15, -0.1) is 0 Å². The summed E-state index contributed by atoms with van der Waals surface area (Å²) in [6, 6.07) is 15.8. The minimum absolute atomic E-state index is 0.0247. The van der Waals surface area contributed by atoms with Crippen molar-refractivity contribution in [3.63, 3.8) is 0 Å². The van der Waals surface area contributed by atoms with E-state index in [2.05, 4.69) is 10.3 Å². The Morgan fingerprint density at radius 2 is 1.73 bits per heavy atom. The number of pyridine rings is 2. The van der Waals surface area contributed by atoms with Crippen molar-refractivity contribution in [1.82, 2.24) is 14.9 Å². The molecule has 14 heteroatoms. The van der Waals surface area contributed by atoms with Crippen molar-refractivity contribution < 1.29 is 32.2 Å². The smallest absolute Gasteiger partial charge is 0.329 e. The van der Waals surface area contributed by atoms with Gasteiger partial charge in [0.25, 0.3) is 5.91 Å². The van der Waals surface area contributed by atoms with Crippen LogP contribution in [0.4, 0.5) is 20.3 Å². The monoisotopic (exact) mass is 688 g/mol. The first-order valence-electron chi connectivity index (χ1n) is 15.1. The summed E-state index contributed by atoms with van der Waals surface area (Å²) in [6.07, 6.45) is 1.46. The standard InChI is InChI=1S/C35H33F2N5O6S/c1-19-14-20(2)31(21(3)15-19)42(49(47)48)27(35(45)46)17-39-34(44)24-18-41(13-12-22-8-5-4-6-9-22)32-23(33(24)43)16-25(36)29(30(32)37)26-10-7-11-28(38)40-26/h4-11,14-16,18,27H,12-13,17H2,1-3H3,(H2,38,40)(H,39,44)(H,45,46)(H,47,48)/p-1. The second kappa shape index (κ2) is 14.3. The lowest BCUT2D eigenvalue weighted by atomic mass is 10.0. The fourth-order valence-electron chi connectivity index (χ4n) is 5.95. The summed E-state index contributed by atoms with van der Waals surface area (Å²) < 4.78 is 58.6. The van der Waals surface area contributed by atoms with E-state index in [1.54, 1.807) is 32.9 Å². The Kier molecular flexibility index (Phi) is 10.2. The van der Waals surface area contributed by atoms with Gasteiger partial charge in [-0.3, -0.25) is 18.1 Å². The van der Waals surface area contributed by atoms with Gasteiger partial charge in [-0.25, -0.2) is 18.6 Å². The Hall–Kier alpha value is -5.47. The van der Waals surface area contributed by atoms with Crippen molar-refractivity contribution >= 4 is 45.6 Å². The number of aliphatic carboxylic acids is 1. The highest BCUT2D eigenvalue weighted by atomic mass is 32.2. The number of fused-ring (bicyclic) bond motifs is 1. The van der Waals surface area contributed by atoms with E-state index in [4.69, 9.17) is 5.73 Å². The number of halogens is 2. The number of carbonyl (C=O) groups excluding carboxylic acids is 1. The van der Waals surface area contributed by atoms with Crippen LogP contribution in [0.3, 0.4) is 0 Å². The average molecular weight is 689 g/mol. The number of benzene rings is 3. The molecular weight excluding hydrogens is 656 g/mol. The fraction of sp³-hybridized carbons (Fsp3) is 0.200. The quantitative estimate of drug-likeness (QED) is 0.169. The van der Waals surface area contributed by atoms with Crippen molar-refractivity contribution in [1.29, 1.82) is 0 Å². The number of carbonyl (C=O) groups is 2. The zero-order chi connectivity index (χ0) is 35.6. The molecule has 0 aliphatic carbocycles. The van der Waals surface area contributed by atoms with Crippen LogP contribution in [0.2, 0.25) is 0 Å². The molecule has 5 aromatic rings. The summed E-state index contributed by atoms with van der Waals surface area (Å²) in [5, 5.41) is 12.0. The highest BCUT2D eigenvalue weighted by molar-refractivity contribution is 7.80. The highest BCUT2D eigenvalue weighted by Gasteiger charge is 2.31. The van der Waals surface area contributed by atoms with Gasteiger partial charge in [-0.1, -0.05) is 54.1 Å². The van der Waals surface area contributed by atoms with Crippen LogP contribution in [0.25, 0.3) is 22.2 Å². The SMILES string of the molecule is Cc1cc(C)c(N(C(CNC(=O)c2cn(CCc3ccccc3)c3c(F)c(-c4cccc(N)n4)c(F)cc3c2=O)C(=O)O)S(=O)[O-])c(C)c1. The Morgan fingerprint density at radius 3 is 2.35 bits per heavy atom. The Bertz CT molecular complexity index is 2150. The van der Waals surface area contributed by atoms with E-state index in [0.717, 1.165) is 23.4 Å². The summed E-state index contributed by atoms with van der Waals surface area (Å²) in [5.41, 5.74) is 6.12. The molecule has 0 spiro atoms. The third-order valence-corrected chi connectivity index (χ3v) is 8.81. The zero-order valence-electron chi connectivity index (χ0n) is 26.7. The van der Waals surface area contributed by atoms with E-state index in [1.807, 2.05) is 30.3 Å². The van der Waals surface area contributed by atoms with Crippen molar-refractivity contribution in [3.05, 3.63) is 123 Å². The van der Waals surface area contributed by atoms with Gasteiger partial charge in [0.1, 0.15) is 17.2 Å². The first kappa shape index (κ1) is 34.9. The third-order valence-electron chi connectivity index (χ3n) is 8.05. The van der Waals surface area contributed by atoms with Crippen LogP contribution >= 0.6 is 0 Å². The number of hydrogen-bond acceptors (Lipinski definition) is 7. The second-order valence-corrected chi connectivity index (χ2v) is 12.4. The topological polar surface area (TPSA) is 171 Å². The van der Waals surface area contributed by atoms with Crippen LogP contribution in [-0.2, 0) is 29.0 Å². The number of hydrogen-bond donors (Lipinski definition) is 3. The van der Waals surface area contributed by atoms with Crippen molar-refractivity contribution in [2.24, 2.45) is 0 Å². The maximum Gasteiger partial charge on any atom is 0.329 e. The van der Waals surface area contributed by atoms with Crippen LogP contribution < -0.4 is 20.8 Å². The number of nitrogens with two attached hydrogens (primary N) is 1. The number of anilines is 2. The summed E-state index contributed by atoms with van der Waals surface area (Å²) in [6.45, 7) is 4.39. The Balaban J connectivity index is 1.58. The first-order chi connectivity index (χ1) is 23.3. The first-order valence-corrected chi connectivity index (χ1v) is 16.1. The van der Waals surface area contributed by atoms with Gasteiger partial charge < -0.3 is 25.3 Å². The maximum atomic E-state index is 16.3. The molecule has 254 valence electrons. The molecule has 1 amide bonds. The predicted molar refractivity (Wildman–Crippen MR) is 182 cm³/mol. The van der Waals surface area contributed by atoms with Crippen LogP contribution in [0.1, 0.15) is 32.6 Å². The molecule has 0 aliphatic heterocycles. The molecule has 2 atom stereocenters. The predicted octanol–water partition coefficient (Wildman–Crippen LogP) is 4.58. The van der Waals surface area contributed by atoms with Crippen LogP contribution in [0.15, 0.2) is 77.7 Å². The minimum Gasteiger partial charge on any atom is -0.755 e. The normalized spacial score (nSPS) is 12.4. The molecule has 3 aromatic carbocycles. The molecular formula is C35H32F2N5O6S-. The number of aryl methyl sites for hydroxylation is 5. The van der Waals surface area contributed by atoms with Crippen molar-refractivity contribution in [2.45, 2.75) is 39.8 Å². The molecule has 0 aliphatic rings. The van der Waals surface area contributed by atoms with E-state index in [9.17, 15) is 28.3 Å². The lowest BCUT2D eigenvalue weighted by Crippen LogP contribution is -2.50. The van der Waals surface area contributed by atoms with Crippen LogP contribution in [-0.4, -0.2) is 47.9 Å². The number of carboxylic acid groups (broad SMARTS) is 1. The summed E-state index contributed by atoms with van der Waals surface area (Å²) in [7, 11) is 0. The number of amides is 1. The second-order valence-electron chi connectivity index (χ2n) is 11.5. The highest BCUT2D eigenvalue weighted by Crippen LogP contribution is 2.32. The lowest BCUT2D eigenvalue weighted by Gasteiger charge is -2.34. The number of nitrogens with one attached hydrogen (secondary N) is 1. The van der Waals surface area contributed by atoms with Gasteiger partial charge in [-0.05, 0) is 62.1 Å². The molecule has 4 N–H and O–H groups in total. The zero-order valence-corrected chi connectivity index (χ0v) is 27.5. The number of nitrogens with zero attached hydrogens (tertiary/aromatic N) is 3. The Labute approximate surface area is 282 Å². The average Bonchev–Trinajstić information content (AvgIpc) is 3.03. The van der Waals surface area contributed by atoms with Crippen molar-refractivity contribution in [2.75, 3.05) is 16.6 Å². The molecule has 5 rings (SSSR count). The van der Waals surface area contributed by atoms with Gasteiger partial charge in [0, 0.05) is 24.0 Å². The van der Waals surface area contributed by atoms with E-state index in [1.165, 1.54) is 22.8 Å². The summed E-state index contributed by atoms with van der Waals surface area (Å²) >= 11 is -3.07. The molecule has 11 nitrogen and oxygen atoms in total. The van der Waals surface area contributed by atoms with Crippen LogP contribution in [0.5, 0.6) is 0 Å². The minimum atomic E-state index is -3.07. The molecule has 2 unspecified atom stereocenters. The summed E-state index contributed by atoms with van der Waals surface area (Å²) in [4.78, 5) is 43.7. The lowest BCUT2D eigenvalue weighted by molar-refractivity contribution is -0.138. The van der Waals surface area contributed by atoms with E-state index in [0.29, 0.717) is 21.9 Å². The molecule has 0 radical (unpaired) electrons. The number of aromatic nitrogens is 2. The largest absolute Gasteiger partial charge is 0.755 e. The number of nitrogen functional groups attached to an aromatic ring is 1. The van der Waals surface area contributed by atoms with Gasteiger partial charge in [0.05, 0.1) is 34.4 Å². The van der Waals surface area contributed by atoms with Crippen molar-refractivity contribution in [3.8, 4) is 11.3 Å². The molecule has 2 heterocycles. The number of rotatable bonds is 11. The molecule has 0 saturated heterocycles. The van der Waals surface area contributed by atoms with Gasteiger partial charge in [0.15, 0.2) is 11.9 Å². The molecule has 49 heavy (non-hydrogen) atoms. The van der Waals surface area contributed by atoms with Crippen LogP contribution in [0, 0.1) is 32.4 Å². The maximum absolute atomic E-state index is 16.3. The van der Waals surface area contributed by atoms with Gasteiger partial charge >= 0.3 is 5.97 Å². The van der Waals surface area contributed by atoms with E-state index < -0.39 is 69.3 Å². The van der Waals surface area contributed by atoms with E-state index in [-0.39, 0.29) is 29.3 Å². The van der Waals surface area contributed by atoms with Gasteiger partial charge in [0.2, 0.25) is 5.43 Å². The Morgan fingerprint density at radius 1 is 1.06 bits per heavy atom. The molecule has 0 fully saturated rings. The van der Waals surface area contributed by atoms with Gasteiger partial charge in [-0.2, -0.15) is 0 Å². The third kappa shape index (κ3) is 7.20. The molecule has 0 bridgehead atoms.